The van der Waals surface area contributed by atoms with E-state index in [4.69, 9.17) is 16.6 Å². The van der Waals surface area contributed by atoms with E-state index in [1.54, 1.807) is 12.1 Å². The summed E-state index contributed by atoms with van der Waals surface area (Å²) in [7, 11) is -8.84. The van der Waals surface area contributed by atoms with Crippen molar-refractivity contribution in [1.29, 1.82) is 0 Å². The maximum Gasteiger partial charge on any atom is 0.241 e. The number of aliphatic imine (C=N–C) groups is 1. The molecule has 7 N–H and O–H groups in total. The standard InChI is InChI=1S/C17H18N8O4S3/c18-6-7-23-32(28,29)12-5-4-9(10-2-1-3-11-14(10)24-17(19)30-11)13(15(12)31(20,26)27)16-21-8-22-25-16/h1-5,23H,6-8,18H2,(H2,19,24)(H2,20,26,27). The van der Waals surface area contributed by atoms with Crippen molar-refractivity contribution in [3.63, 3.8) is 0 Å². The highest BCUT2D eigenvalue weighted by atomic mass is 32.2. The van der Waals surface area contributed by atoms with E-state index in [9.17, 15) is 16.8 Å². The fraction of sp³-hybridized carbons (Fsp3) is 0.176. The second-order valence-electron chi connectivity index (χ2n) is 6.62. The molecule has 168 valence electrons. The number of nitrogens with two attached hydrogens (primary N) is 3. The van der Waals surface area contributed by atoms with E-state index in [1.165, 1.54) is 23.5 Å². The molecule has 4 rings (SSSR count). The Labute approximate surface area is 187 Å². The Morgan fingerprint density at radius 3 is 2.53 bits per heavy atom. The van der Waals surface area contributed by atoms with Gasteiger partial charge in [0.1, 0.15) is 9.79 Å². The molecule has 0 aliphatic carbocycles. The smallest absolute Gasteiger partial charge is 0.241 e. The number of sulfonamides is 2. The molecule has 0 radical (unpaired) electrons. The Morgan fingerprint density at radius 2 is 1.88 bits per heavy atom. The van der Waals surface area contributed by atoms with E-state index < -0.39 is 29.8 Å². The molecule has 0 saturated heterocycles. The second kappa shape index (κ2) is 8.27. The van der Waals surface area contributed by atoms with Crippen molar-refractivity contribution >= 4 is 52.6 Å². The summed E-state index contributed by atoms with van der Waals surface area (Å²) >= 11 is 1.26. The van der Waals surface area contributed by atoms with Gasteiger partial charge in [0.25, 0.3) is 0 Å². The molecule has 1 aromatic heterocycles. The number of hydrogen-bond acceptors (Lipinski definition) is 11. The first-order chi connectivity index (χ1) is 15.1. The van der Waals surface area contributed by atoms with Crippen LogP contribution in [0.1, 0.15) is 5.56 Å². The van der Waals surface area contributed by atoms with Crippen LogP contribution in [-0.2, 0) is 20.0 Å². The predicted octanol–water partition coefficient (Wildman–Crippen LogP) is 0.600. The lowest BCUT2D eigenvalue weighted by Crippen LogP contribution is -2.31. The van der Waals surface area contributed by atoms with Gasteiger partial charge in [0.2, 0.25) is 20.0 Å². The lowest BCUT2D eigenvalue weighted by molar-refractivity contribution is 0.573. The summed E-state index contributed by atoms with van der Waals surface area (Å²) < 4.78 is 54.2. The van der Waals surface area contributed by atoms with Crippen LogP contribution in [0.2, 0.25) is 0 Å². The van der Waals surface area contributed by atoms with E-state index in [0.717, 1.165) is 4.70 Å². The monoisotopic (exact) mass is 494 g/mol. The average Bonchev–Trinajstić information content (AvgIpc) is 3.39. The summed E-state index contributed by atoms with van der Waals surface area (Å²) in [6.45, 7) is -0.111. The number of para-hydroxylation sites is 1. The van der Waals surface area contributed by atoms with E-state index in [-0.39, 0.29) is 31.2 Å². The molecule has 3 aromatic rings. The molecule has 0 unspecified atom stereocenters. The van der Waals surface area contributed by atoms with Crippen LogP contribution < -0.4 is 21.3 Å². The minimum atomic E-state index is -4.56. The van der Waals surface area contributed by atoms with Crippen LogP contribution >= 0.6 is 11.3 Å². The minimum Gasteiger partial charge on any atom is -0.375 e. The maximum atomic E-state index is 12.9. The molecule has 0 amide bonds. The van der Waals surface area contributed by atoms with Crippen LogP contribution in [0, 0.1) is 0 Å². The Morgan fingerprint density at radius 1 is 1.09 bits per heavy atom. The second-order valence-corrected chi connectivity index (χ2v) is 10.9. The van der Waals surface area contributed by atoms with E-state index in [0.29, 0.717) is 21.8 Å². The van der Waals surface area contributed by atoms with Gasteiger partial charge >= 0.3 is 0 Å². The zero-order valence-corrected chi connectivity index (χ0v) is 18.8. The SMILES string of the molecule is NCCNS(=O)(=O)c1ccc(-c2cccc3sc(N)nc23)c(C2=NCN=N2)c1S(N)(=O)=O. The average molecular weight is 495 g/mol. The summed E-state index contributed by atoms with van der Waals surface area (Å²) in [5.41, 5.74) is 12.5. The highest BCUT2D eigenvalue weighted by molar-refractivity contribution is 7.92. The third-order valence-electron chi connectivity index (χ3n) is 4.53. The molecular formula is C17H18N8O4S3. The van der Waals surface area contributed by atoms with Crippen LogP contribution in [-0.4, -0.2) is 47.4 Å². The lowest BCUT2D eigenvalue weighted by Gasteiger charge is -2.17. The lowest BCUT2D eigenvalue weighted by atomic mass is 9.98. The highest BCUT2D eigenvalue weighted by Gasteiger charge is 2.33. The minimum absolute atomic E-state index is 0.0169. The van der Waals surface area contributed by atoms with Crippen molar-refractivity contribution in [2.75, 3.05) is 25.5 Å². The van der Waals surface area contributed by atoms with Gasteiger partial charge in [-0.2, -0.15) is 5.11 Å². The molecule has 32 heavy (non-hydrogen) atoms. The number of hydrogen-bond donors (Lipinski definition) is 4. The zero-order valence-electron chi connectivity index (χ0n) is 16.4. The number of fused-ring (bicyclic) bond motifs is 1. The van der Waals surface area contributed by atoms with Gasteiger partial charge in [-0.1, -0.05) is 29.5 Å². The van der Waals surface area contributed by atoms with Crippen LogP contribution in [0.4, 0.5) is 5.13 Å². The summed E-state index contributed by atoms with van der Waals surface area (Å²) in [5, 5.41) is 13.5. The number of nitrogens with one attached hydrogen (secondary N) is 1. The van der Waals surface area contributed by atoms with Gasteiger partial charge in [0.05, 0.1) is 15.8 Å². The molecule has 0 fully saturated rings. The largest absolute Gasteiger partial charge is 0.375 e. The number of nitrogen functional groups attached to an aromatic ring is 1. The molecule has 0 bridgehead atoms. The van der Waals surface area contributed by atoms with Gasteiger partial charge in [-0.25, -0.2) is 36.7 Å². The molecule has 0 spiro atoms. The molecule has 1 aliphatic rings. The number of anilines is 1. The topological polar surface area (TPSA) is 208 Å². The van der Waals surface area contributed by atoms with E-state index >= 15 is 0 Å². The van der Waals surface area contributed by atoms with Gasteiger partial charge in [0, 0.05) is 18.7 Å². The summed E-state index contributed by atoms with van der Waals surface area (Å²) in [6, 6.07) is 7.90. The fourth-order valence-corrected chi connectivity index (χ4v) is 6.72. The first kappa shape index (κ1) is 22.4. The molecule has 2 heterocycles. The highest BCUT2D eigenvalue weighted by Crippen LogP contribution is 2.39. The number of aromatic nitrogens is 1. The van der Waals surface area contributed by atoms with E-state index in [1.807, 2.05) is 6.07 Å². The normalized spacial score (nSPS) is 14.2. The third-order valence-corrected chi connectivity index (χ3v) is 8.01. The number of rotatable bonds is 7. The van der Waals surface area contributed by atoms with Crippen molar-refractivity contribution in [3.05, 3.63) is 35.9 Å². The van der Waals surface area contributed by atoms with Crippen molar-refractivity contribution in [1.82, 2.24) is 9.71 Å². The first-order valence-electron chi connectivity index (χ1n) is 9.11. The van der Waals surface area contributed by atoms with Gasteiger partial charge in [-0.15, -0.1) is 5.11 Å². The molecular weight excluding hydrogens is 476 g/mol. The Kier molecular flexibility index (Phi) is 5.78. The van der Waals surface area contributed by atoms with Gasteiger partial charge < -0.3 is 11.5 Å². The number of thiazole rings is 1. The van der Waals surface area contributed by atoms with Crippen molar-refractivity contribution in [2.45, 2.75) is 9.79 Å². The Bertz CT molecular complexity index is 1490. The van der Waals surface area contributed by atoms with Crippen molar-refractivity contribution in [3.8, 4) is 11.1 Å². The molecule has 15 heteroatoms. The number of azo groups is 1. The molecule has 0 saturated carbocycles. The number of amidine groups is 1. The fourth-order valence-electron chi connectivity index (χ4n) is 3.32. The predicted molar refractivity (Wildman–Crippen MR) is 121 cm³/mol. The van der Waals surface area contributed by atoms with Crippen LogP contribution in [0.3, 0.4) is 0 Å². The number of primary sulfonamides is 1. The van der Waals surface area contributed by atoms with Crippen LogP contribution in [0.25, 0.3) is 21.3 Å². The molecule has 2 aromatic carbocycles. The summed E-state index contributed by atoms with van der Waals surface area (Å²) in [4.78, 5) is 7.28. The number of nitrogens with zero attached hydrogens (tertiary/aromatic N) is 4. The summed E-state index contributed by atoms with van der Waals surface area (Å²) in [6.07, 6.45) is 0. The first-order valence-corrected chi connectivity index (χ1v) is 13.0. The van der Waals surface area contributed by atoms with Crippen LogP contribution in [0.5, 0.6) is 0 Å². The van der Waals surface area contributed by atoms with Gasteiger partial charge in [-0.3, -0.25) is 0 Å². The number of benzene rings is 2. The van der Waals surface area contributed by atoms with Crippen molar-refractivity contribution in [2.24, 2.45) is 26.1 Å². The molecule has 0 atom stereocenters. The Hall–Kier alpha value is -2.82. The van der Waals surface area contributed by atoms with Gasteiger partial charge in [-0.05, 0) is 17.7 Å². The molecule has 12 nitrogen and oxygen atoms in total. The van der Waals surface area contributed by atoms with Crippen LogP contribution in [0.15, 0.2) is 55.3 Å². The van der Waals surface area contributed by atoms with Gasteiger partial charge in [0.15, 0.2) is 17.6 Å². The zero-order chi connectivity index (χ0) is 23.1. The third kappa shape index (κ3) is 4.01. The van der Waals surface area contributed by atoms with Crippen molar-refractivity contribution < 1.29 is 16.8 Å². The van der Waals surface area contributed by atoms with E-state index in [2.05, 4.69) is 24.9 Å². The quantitative estimate of drug-likeness (QED) is 0.367. The summed E-state index contributed by atoms with van der Waals surface area (Å²) in [5.74, 6) is -0.0555. The Balaban J connectivity index is 2.12. The molecule has 1 aliphatic heterocycles. The maximum absolute atomic E-state index is 12.9.